The third kappa shape index (κ3) is 5.22. The molecule has 0 aromatic heterocycles. The number of alkyl halides is 2. The quantitative estimate of drug-likeness (QED) is 0.351. The topological polar surface area (TPSA) is 18.5 Å². The first kappa shape index (κ1) is 21.0. The van der Waals surface area contributed by atoms with Crippen LogP contribution in [0.4, 0.5) is 13.2 Å². The molecule has 0 atom stereocenters. The van der Waals surface area contributed by atoms with Gasteiger partial charge in [0.15, 0.2) is 0 Å². The normalized spacial score (nSPS) is 11.6. The third-order valence-corrected chi connectivity index (χ3v) is 4.77. The van der Waals surface area contributed by atoms with E-state index in [4.69, 9.17) is 9.47 Å². The molecule has 0 aliphatic heterocycles. The molecular weight excluding hydrogens is 377 g/mol. The molecule has 0 spiro atoms. The molecule has 0 radical (unpaired) electrons. The van der Waals surface area contributed by atoms with Crippen molar-refractivity contribution in [2.45, 2.75) is 45.6 Å². The van der Waals surface area contributed by atoms with Gasteiger partial charge in [0.25, 0.3) is 0 Å². The summed E-state index contributed by atoms with van der Waals surface area (Å²) in [5.74, 6) is 0.182. The maximum Gasteiger partial charge on any atom is 0.426 e. The van der Waals surface area contributed by atoms with Crippen molar-refractivity contribution in [1.82, 2.24) is 0 Å². The van der Waals surface area contributed by atoms with Crippen LogP contribution < -0.4 is 9.47 Å². The number of hydrogen-bond acceptors (Lipinski definition) is 2. The monoisotopic (exact) mass is 402 g/mol. The highest BCUT2D eigenvalue weighted by atomic mass is 19.3. The Morgan fingerprint density at radius 3 is 2.24 bits per heavy atom. The van der Waals surface area contributed by atoms with E-state index < -0.39 is 6.11 Å². The summed E-state index contributed by atoms with van der Waals surface area (Å²) in [6.07, 6.45) is 0.193. The largest absolute Gasteiger partial charge is 0.494 e. The molecular formula is C24H25F3O2. The van der Waals surface area contributed by atoms with Crippen LogP contribution in [0, 0.1) is 5.82 Å². The first-order chi connectivity index (χ1) is 13.9. The minimum atomic E-state index is -3.52. The highest BCUT2D eigenvalue weighted by Crippen LogP contribution is 2.34. The zero-order valence-electron chi connectivity index (χ0n) is 16.7. The van der Waals surface area contributed by atoms with Crippen LogP contribution in [0.25, 0.3) is 10.8 Å². The minimum absolute atomic E-state index is 0.0190. The summed E-state index contributed by atoms with van der Waals surface area (Å²) in [6.45, 7) is 4.38. The molecule has 3 aromatic carbocycles. The molecule has 29 heavy (non-hydrogen) atoms. The summed E-state index contributed by atoms with van der Waals surface area (Å²) >= 11 is 0. The number of rotatable bonds is 9. The Bertz CT molecular complexity index is 952. The first-order valence-electron chi connectivity index (χ1n) is 9.95. The van der Waals surface area contributed by atoms with Crippen molar-refractivity contribution in [3.63, 3.8) is 0 Å². The van der Waals surface area contributed by atoms with Crippen LogP contribution in [0.2, 0.25) is 0 Å². The zero-order chi connectivity index (χ0) is 20.9. The Hall–Kier alpha value is -2.69. The highest BCUT2D eigenvalue weighted by molar-refractivity contribution is 5.84. The van der Waals surface area contributed by atoms with Crippen molar-refractivity contribution >= 4 is 10.8 Å². The molecule has 5 heteroatoms. The average molecular weight is 402 g/mol. The van der Waals surface area contributed by atoms with Gasteiger partial charge >= 0.3 is 6.11 Å². The number of halogens is 3. The van der Waals surface area contributed by atoms with Crippen LogP contribution in [0.1, 0.15) is 44.2 Å². The molecule has 3 rings (SSSR count). The molecule has 154 valence electrons. The van der Waals surface area contributed by atoms with E-state index in [2.05, 4.69) is 6.92 Å². The van der Waals surface area contributed by atoms with Crippen molar-refractivity contribution in [2.75, 3.05) is 6.61 Å². The summed E-state index contributed by atoms with van der Waals surface area (Å²) in [5, 5.41) is 1.33. The molecule has 0 aliphatic rings. The predicted octanol–water partition coefficient (Wildman–Crippen LogP) is 7.24. The van der Waals surface area contributed by atoms with E-state index in [0.29, 0.717) is 29.7 Å². The molecule has 0 N–H and O–H groups in total. The molecule has 0 unspecified atom stereocenters. The van der Waals surface area contributed by atoms with Gasteiger partial charge in [0.2, 0.25) is 0 Å². The average Bonchev–Trinajstić information content (AvgIpc) is 2.69. The number of hydrogen-bond donors (Lipinski definition) is 0. The Morgan fingerprint density at radius 2 is 1.55 bits per heavy atom. The van der Waals surface area contributed by atoms with E-state index in [0.717, 1.165) is 24.6 Å². The SMILES string of the molecule is CCCCCc1cc2ccc(OC(F)(F)c3ccc(OCC)cc3)cc2cc1F. The Morgan fingerprint density at radius 1 is 0.828 bits per heavy atom. The molecule has 0 fully saturated rings. The fourth-order valence-electron chi connectivity index (χ4n) is 3.23. The van der Waals surface area contributed by atoms with Gasteiger partial charge in [-0.05, 0) is 84.6 Å². The molecule has 3 aromatic rings. The molecule has 0 aliphatic carbocycles. The maximum absolute atomic E-state index is 14.5. The first-order valence-corrected chi connectivity index (χ1v) is 9.95. The van der Waals surface area contributed by atoms with E-state index in [1.54, 1.807) is 12.1 Å². The van der Waals surface area contributed by atoms with Crippen molar-refractivity contribution < 1.29 is 22.6 Å². The van der Waals surface area contributed by atoms with Crippen LogP contribution in [-0.4, -0.2) is 6.61 Å². The van der Waals surface area contributed by atoms with Crippen LogP contribution in [0.15, 0.2) is 54.6 Å². The lowest BCUT2D eigenvalue weighted by atomic mass is 10.0. The second-order valence-electron chi connectivity index (χ2n) is 6.99. The van der Waals surface area contributed by atoms with Gasteiger partial charge in [-0.1, -0.05) is 25.8 Å². The van der Waals surface area contributed by atoms with Gasteiger partial charge in [0.05, 0.1) is 12.2 Å². The number of fused-ring (bicyclic) bond motifs is 1. The van der Waals surface area contributed by atoms with Crippen LogP contribution >= 0.6 is 0 Å². The number of unbranched alkanes of at least 4 members (excludes halogenated alkanes) is 2. The van der Waals surface area contributed by atoms with Crippen molar-refractivity contribution in [1.29, 1.82) is 0 Å². The fourth-order valence-corrected chi connectivity index (χ4v) is 3.23. The predicted molar refractivity (Wildman–Crippen MR) is 109 cm³/mol. The van der Waals surface area contributed by atoms with Crippen LogP contribution in [0.3, 0.4) is 0 Å². The fraction of sp³-hybridized carbons (Fsp3) is 0.333. The standard InChI is InChI=1S/C24H25F3O2/c1-3-5-6-7-18-14-17-8-11-22(15-19(17)16-23(18)25)29-24(26,27)20-9-12-21(13-10-20)28-4-2/h8-16H,3-7H2,1-2H3. The lowest BCUT2D eigenvalue weighted by Gasteiger charge is -2.19. The van der Waals surface area contributed by atoms with Gasteiger partial charge in [-0.3, -0.25) is 0 Å². The van der Waals surface area contributed by atoms with Crippen LogP contribution in [-0.2, 0) is 12.5 Å². The van der Waals surface area contributed by atoms with Crippen molar-refractivity contribution in [3.8, 4) is 11.5 Å². The van der Waals surface area contributed by atoms with E-state index in [1.807, 2.05) is 6.92 Å². The number of aryl methyl sites for hydroxylation is 1. The Kier molecular flexibility index (Phi) is 6.68. The van der Waals surface area contributed by atoms with E-state index >= 15 is 0 Å². The van der Waals surface area contributed by atoms with Crippen molar-refractivity contribution in [3.05, 3.63) is 71.5 Å². The van der Waals surface area contributed by atoms with E-state index in [9.17, 15) is 13.2 Å². The molecule has 0 bridgehead atoms. The smallest absolute Gasteiger partial charge is 0.426 e. The summed E-state index contributed by atoms with van der Waals surface area (Å²) < 4.78 is 53.7. The molecule has 0 heterocycles. The van der Waals surface area contributed by atoms with Gasteiger partial charge in [0, 0.05) is 0 Å². The second kappa shape index (κ2) is 9.21. The summed E-state index contributed by atoms with van der Waals surface area (Å²) in [4.78, 5) is 0. The molecule has 0 amide bonds. The summed E-state index contributed by atoms with van der Waals surface area (Å²) in [5.41, 5.74) is 0.373. The lowest BCUT2D eigenvalue weighted by Crippen LogP contribution is -2.21. The lowest BCUT2D eigenvalue weighted by molar-refractivity contribution is -0.185. The van der Waals surface area contributed by atoms with Gasteiger partial charge in [-0.25, -0.2) is 4.39 Å². The second-order valence-corrected chi connectivity index (χ2v) is 6.99. The minimum Gasteiger partial charge on any atom is -0.494 e. The Labute approximate surface area is 169 Å². The molecule has 2 nitrogen and oxygen atoms in total. The van der Waals surface area contributed by atoms with Gasteiger partial charge in [-0.15, -0.1) is 0 Å². The van der Waals surface area contributed by atoms with Gasteiger partial charge in [0.1, 0.15) is 17.3 Å². The van der Waals surface area contributed by atoms with Gasteiger partial charge < -0.3 is 9.47 Å². The highest BCUT2D eigenvalue weighted by Gasteiger charge is 2.34. The van der Waals surface area contributed by atoms with Crippen LogP contribution in [0.5, 0.6) is 11.5 Å². The number of ether oxygens (including phenoxy) is 2. The zero-order valence-corrected chi connectivity index (χ0v) is 16.7. The van der Waals surface area contributed by atoms with E-state index in [-0.39, 0.29) is 17.1 Å². The van der Waals surface area contributed by atoms with E-state index in [1.165, 1.54) is 42.5 Å². The Balaban J connectivity index is 1.79. The molecule has 0 saturated carbocycles. The van der Waals surface area contributed by atoms with Gasteiger partial charge in [-0.2, -0.15) is 8.78 Å². The number of benzene rings is 3. The molecule has 0 saturated heterocycles. The summed E-state index contributed by atoms with van der Waals surface area (Å²) in [7, 11) is 0. The third-order valence-electron chi connectivity index (χ3n) is 4.77. The summed E-state index contributed by atoms with van der Waals surface area (Å²) in [6, 6.07) is 13.3. The maximum atomic E-state index is 14.5. The van der Waals surface area contributed by atoms with Crippen molar-refractivity contribution in [2.24, 2.45) is 0 Å².